The molecular weight excluding hydrogens is 355 g/mol. The topological polar surface area (TPSA) is 34.1 Å². The summed E-state index contributed by atoms with van der Waals surface area (Å²) in [6.07, 6.45) is 1.72. The van der Waals surface area contributed by atoms with Crippen LogP contribution in [-0.2, 0) is 21.7 Å². The number of rotatable bonds is 7. The van der Waals surface area contributed by atoms with Gasteiger partial charge in [-0.1, -0.05) is 23.8 Å². The van der Waals surface area contributed by atoms with E-state index in [0.29, 0.717) is 31.1 Å². The molecule has 1 heterocycles. The van der Waals surface area contributed by atoms with E-state index in [1.807, 2.05) is 31.9 Å². The minimum absolute atomic E-state index is 0.305. The molecule has 0 saturated carbocycles. The van der Waals surface area contributed by atoms with Gasteiger partial charge in [-0.2, -0.15) is 0 Å². The maximum Gasteiger partial charge on any atom is 0.143 e. The molecule has 150 valence electrons. The zero-order valence-corrected chi connectivity index (χ0v) is 17.4. The molecule has 0 aromatic heterocycles. The van der Waals surface area contributed by atoms with E-state index in [9.17, 15) is 4.39 Å². The Kier molecular flexibility index (Phi) is 6.16. The van der Waals surface area contributed by atoms with E-state index in [-0.39, 0.29) is 5.82 Å². The van der Waals surface area contributed by atoms with Crippen molar-refractivity contribution in [2.75, 3.05) is 26.8 Å². The van der Waals surface area contributed by atoms with Gasteiger partial charge in [0.2, 0.25) is 0 Å². The number of aryl methyl sites for hydroxylation is 3. The number of ether oxygens (including phenoxy) is 2. The zero-order valence-electron chi connectivity index (χ0n) is 17.4. The molecule has 4 nitrogen and oxygen atoms in total. The summed E-state index contributed by atoms with van der Waals surface area (Å²) in [6.45, 7) is 10.1. The fourth-order valence-corrected chi connectivity index (χ4v) is 3.23. The van der Waals surface area contributed by atoms with E-state index >= 15 is 0 Å². The number of halogens is 1. The number of hydrogen-bond donors (Lipinski definition) is 0. The van der Waals surface area contributed by atoms with Gasteiger partial charge in [-0.25, -0.2) is 9.38 Å². The average molecular weight is 384 g/mol. The molecule has 2 aromatic carbocycles. The highest BCUT2D eigenvalue weighted by Gasteiger charge is 2.44. The van der Waals surface area contributed by atoms with Gasteiger partial charge in [0, 0.05) is 25.2 Å². The number of benzene rings is 2. The lowest BCUT2D eigenvalue weighted by atomic mass is 9.89. The largest absolute Gasteiger partial charge is 0.375 e. The van der Waals surface area contributed by atoms with Crippen molar-refractivity contribution in [3.05, 3.63) is 64.0 Å². The van der Waals surface area contributed by atoms with Crippen molar-refractivity contribution in [1.29, 1.82) is 0 Å². The zero-order chi connectivity index (χ0) is 20.3. The highest BCUT2D eigenvalue weighted by atomic mass is 19.1. The Bertz CT molecular complexity index is 875. The number of aliphatic imine (C=N–C) groups is 1. The fourth-order valence-electron chi connectivity index (χ4n) is 3.23. The van der Waals surface area contributed by atoms with Crippen molar-refractivity contribution >= 4 is 12.0 Å². The van der Waals surface area contributed by atoms with Gasteiger partial charge in [0.05, 0.1) is 31.8 Å². The van der Waals surface area contributed by atoms with Crippen LogP contribution in [0.3, 0.4) is 0 Å². The first-order valence-corrected chi connectivity index (χ1v) is 9.67. The third kappa shape index (κ3) is 4.26. The van der Waals surface area contributed by atoms with Gasteiger partial charge in [-0.15, -0.1) is 0 Å². The molecule has 0 atom stereocenters. The molecule has 1 aliphatic rings. The van der Waals surface area contributed by atoms with E-state index in [2.05, 4.69) is 37.0 Å². The Hall–Kier alpha value is -2.24. The smallest absolute Gasteiger partial charge is 0.143 e. The molecule has 0 radical (unpaired) electrons. The van der Waals surface area contributed by atoms with Crippen molar-refractivity contribution in [3.63, 3.8) is 0 Å². The first kappa shape index (κ1) is 20.5. The van der Waals surface area contributed by atoms with Crippen molar-refractivity contribution in [3.8, 4) is 0 Å². The molecule has 2 aromatic rings. The summed E-state index contributed by atoms with van der Waals surface area (Å²) in [6, 6.07) is 9.61. The van der Waals surface area contributed by atoms with E-state index in [1.54, 1.807) is 6.34 Å². The summed E-state index contributed by atoms with van der Waals surface area (Å²) >= 11 is 0. The normalized spacial score (nSPS) is 15.6. The van der Waals surface area contributed by atoms with Crippen LogP contribution in [0.15, 0.2) is 35.3 Å². The summed E-state index contributed by atoms with van der Waals surface area (Å²) < 4.78 is 26.6. The molecular formula is C23H29FN2O2. The monoisotopic (exact) mass is 384 g/mol. The molecule has 3 rings (SSSR count). The lowest BCUT2D eigenvalue weighted by molar-refractivity contribution is -0.224. The maximum absolute atomic E-state index is 15.0. The van der Waals surface area contributed by atoms with Gasteiger partial charge < -0.3 is 14.4 Å². The summed E-state index contributed by atoms with van der Waals surface area (Å²) in [7, 11) is 1.94. The predicted molar refractivity (Wildman–Crippen MR) is 111 cm³/mol. The molecule has 0 amide bonds. The molecule has 1 fully saturated rings. The van der Waals surface area contributed by atoms with Gasteiger partial charge in [0.15, 0.2) is 0 Å². The number of nitrogens with zero attached hydrogens (tertiary/aromatic N) is 2. The van der Waals surface area contributed by atoms with Crippen molar-refractivity contribution < 1.29 is 13.9 Å². The first-order valence-electron chi connectivity index (χ1n) is 9.67. The molecule has 5 heteroatoms. The molecule has 0 bridgehead atoms. The molecule has 0 N–H and O–H groups in total. The van der Waals surface area contributed by atoms with Gasteiger partial charge in [-0.3, -0.25) is 0 Å². The minimum Gasteiger partial charge on any atom is -0.375 e. The molecule has 28 heavy (non-hydrogen) atoms. The Morgan fingerprint density at radius 1 is 1.18 bits per heavy atom. The number of hydrogen-bond acceptors (Lipinski definition) is 3. The lowest BCUT2D eigenvalue weighted by Gasteiger charge is -2.42. The highest BCUT2D eigenvalue weighted by molar-refractivity contribution is 5.63. The molecule has 1 saturated heterocycles. The van der Waals surface area contributed by atoms with Gasteiger partial charge >= 0.3 is 0 Å². The van der Waals surface area contributed by atoms with Crippen LogP contribution in [0.5, 0.6) is 0 Å². The van der Waals surface area contributed by atoms with Crippen molar-refractivity contribution in [2.45, 2.75) is 39.9 Å². The van der Waals surface area contributed by atoms with Crippen LogP contribution >= 0.6 is 0 Å². The Labute approximate surface area is 167 Å². The predicted octanol–water partition coefficient (Wildman–Crippen LogP) is 4.80. The lowest BCUT2D eigenvalue weighted by Crippen LogP contribution is -2.49. The van der Waals surface area contributed by atoms with Crippen LogP contribution in [0.1, 0.15) is 34.7 Å². The van der Waals surface area contributed by atoms with Crippen LogP contribution in [0.4, 0.5) is 10.1 Å². The molecule has 1 aliphatic heterocycles. The summed E-state index contributed by atoms with van der Waals surface area (Å²) in [5, 5.41) is 0. The highest BCUT2D eigenvalue weighted by Crippen LogP contribution is 2.38. The van der Waals surface area contributed by atoms with Crippen LogP contribution in [0.2, 0.25) is 0 Å². The fraction of sp³-hybridized carbons (Fsp3) is 0.435. The summed E-state index contributed by atoms with van der Waals surface area (Å²) in [4.78, 5) is 6.35. The standard InChI is InChI=1S/C23H29FN2O2/c1-6-26(5)15-25-22-11-21(24)20(10-18(22)4)23(13-27-14-23)28-12-19-8-7-16(2)9-17(19)3/h7-11,15H,6,12-14H2,1-5H3. The van der Waals surface area contributed by atoms with Crippen molar-refractivity contribution in [2.24, 2.45) is 4.99 Å². The van der Waals surface area contributed by atoms with E-state index in [1.165, 1.54) is 17.2 Å². The third-order valence-corrected chi connectivity index (χ3v) is 5.34. The summed E-state index contributed by atoms with van der Waals surface area (Å²) in [5.41, 5.74) is 4.85. The van der Waals surface area contributed by atoms with E-state index in [4.69, 9.17) is 9.47 Å². The molecule has 0 aliphatic carbocycles. The van der Waals surface area contributed by atoms with Gasteiger partial charge in [-0.05, 0) is 50.5 Å². The van der Waals surface area contributed by atoms with Crippen LogP contribution in [-0.4, -0.2) is 38.0 Å². The van der Waals surface area contributed by atoms with E-state index < -0.39 is 5.60 Å². The van der Waals surface area contributed by atoms with E-state index in [0.717, 1.165) is 17.7 Å². The van der Waals surface area contributed by atoms with Gasteiger partial charge in [0.1, 0.15) is 11.4 Å². The third-order valence-electron chi connectivity index (χ3n) is 5.34. The quantitative estimate of drug-likeness (QED) is 0.508. The van der Waals surface area contributed by atoms with Crippen LogP contribution < -0.4 is 0 Å². The maximum atomic E-state index is 15.0. The van der Waals surface area contributed by atoms with Crippen LogP contribution in [0, 0.1) is 26.6 Å². The minimum atomic E-state index is -0.741. The first-order chi connectivity index (χ1) is 13.3. The SMILES string of the molecule is CCN(C)C=Nc1cc(F)c(C2(OCc3ccc(C)cc3C)COC2)cc1C. The summed E-state index contributed by atoms with van der Waals surface area (Å²) in [5.74, 6) is -0.305. The molecule has 0 unspecified atom stereocenters. The molecule has 0 spiro atoms. The second-order valence-electron chi connectivity index (χ2n) is 7.64. The van der Waals surface area contributed by atoms with Crippen LogP contribution in [0.25, 0.3) is 0 Å². The second-order valence-corrected chi connectivity index (χ2v) is 7.64. The second kappa shape index (κ2) is 8.41. The van der Waals surface area contributed by atoms with Gasteiger partial charge in [0.25, 0.3) is 0 Å². The Balaban J connectivity index is 1.83. The average Bonchev–Trinajstić information content (AvgIpc) is 2.63. The van der Waals surface area contributed by atoms with Crippen molar-refractivity contribution in [1.82, 2.24) is 4.90 Å². The Morgan fingerprint density at radius 3 is 2.54 bits per heavy atom. The Morgan fingerprint density at radius 2 is 1.93 bits per heavy atom.